The van der Waals surface area contributed by atoms with E-state index in [0.29, 0.717) is 24.6 Å². The zero-order valence-corrected chi connectivity index (χ0v) is 15.7. The second-order valence-corrected chi connectivity index (χ2v) is 7.78. The smallest absolute Gasteiger partial charge is 0.333 e. The van der Waals surface area contributed by atoms with Crippen molar-refractivity contribution >= 4 is 21.7 Å². The molecule has 0 saturated heterocycles. The first-order valence-electron chi connectivity index (χ1n) is 8.50. The molecule has 0 unspecified atom stereocenters. The van der Waals surface area contributed by atoms with Crippen LogP contribution in [0.25, 0.3) is 11.3 Å². The van der Waals surface area contributed by atoms with Gasteiger partial charge in [0.15, 0.2) is 10.7 Å². The average Bonchev–Trinajstić information content (AvgIpc) is 3.27. The monoisotopic (exact) mass is 403 g/mol. The Labute approximate surface area is 160 Å². The minimum Gasteiger partial charge on any atom is -0.477 e. The van der Waals surface area contributed by atoms with E-state index in [9.17, 15) is 13.2 Å². The first-order valence-corrected chi connectivity index (χ1v) is 9.98. The molecule has 1 aromatic carbocycles. The molecule has 0 spiro atoms. The van der Waals surface area contributed by atoms with Crippen molar-refractivity contribution in [2.75, 3.05) is 11.9 Å². The van der Waals surface area contributed by atoms with Crippen LogP contribution >= 0.6 is 0 Å². The number of rotatable bonds is 4. The Morgan fingerprint density at radius 2 is 2.04 bits per heavy atom. The zero-order chi connectivity index (χ0) is 19.7. The lowest BCUT2D eigenvalue weighted by atomic mass is 10.1. The van der Waals surface area contributed by atoms with Crippen LogP contribution < -0.4 is 14.8 Å². The summed E-state index contributed by atoms with van der Waals surface area (Å²) in [6.07, 6.45) is 1.90. The number of carbonyl (C=O) groups excluding carboxylic acids is 1. The highest BCUT2D eigenvalue weighted by Gasteiger charge is 2.29. The highest BCUT2D eigenvalue weighted by atomic mass is 32.2. The number of amides is 2. The van der Waals surface area contributed by atoms with E-state index in [1.165, 1.54) is 4.68 Å². The molecule has 3 aromatic rings. The van der Waals surface area contributed by atoms with E-state index in [1.807, 2.05) is 22.9 Å². The van der Waals surface area contributed by atoms with Gasteiger partial charge in [0.25, 0.3) is 10.0 Å². The molecular weight excluding hydrogens is 386 g/mol. The normalized spacial score (nSPS) is 13.5. The van der Waals surface area contributed by atoms with Gasteiger partial charge in [0.2, 0.25) is 5.88 Å². The Balaban J connectivity index is 1.56. The SMILES string of the molecule is Cc1onc(-c2ccccc2)c1NC(=O)NS(=O)(=O)c1cnn2c1OCCC2. The van der Waals surface area contributed by atoms with Gasteiger partial charge in [-0.2, -0.15) is 5.10 Å². The number of hydrogen-bond acceptors (Lipinski definition) is 7. The molecule has 0 saturated carbocycles. The molecule has 3 heterocycles. The van der Waals surface area contributed by atoms with E-state index in [1.54, 1.807) is 19.1 Å². The fourth-order valence-corrected chi connectivity index (χ4v) is 3.84. The van der Waals surface area contributed by atoms with E-state index < -0.39 is 16.1 Å². The number of aryl methyl sites for hydroxylation is 2. The van der Waals surface area contributed by atoms with Crippen LogP contribution in [0.2, 0.25) is 0 Å². The average molecular weight is 403 g/mol. The number of benzene rings is 1. The number of sulfonamides is 1. The topological polar surface area (TPSA) is 128 Å². The maximum absolute atomic E-state index is 12.6. The number of urea groups is 1. The number of nitrogens with zero attached hydrogens (tertiary/aromatic N) is 3. The first-order chi connectivity index (χ1) is 13.5. The number of carbonyl (C=O) groups is 1. The zero-order valence-electron chi connectivity index (χ0n) is 14.9. The van der Waals surface area contributed by atoms with Crippen molar-refractivity contribution in [2.45, 2.75) is 24.8 Å². The van der Waals surface area contributed by atoms with Crippen molar-refractivity contribution in [1.82, 2.24) is 19.7 Å². The van der Waals surface area contributed by atoms with Gasteiger partial charge in [0.1, 0.15) is 11.4 Å². The van der Waals surface area contributed by atoms with Gasteiger partial charge in [0, 0.05) is 18.5 Å². The van der Waals surface area contributed by atoms with E-state index in [0.717, 1.165) is 18.2 Å². The number of anilines is 1. The molecule has 146 valence electrons. The van der Waals surface area contributed by atoms with Gasteiger partial charge in [-0.3, -0.25) is 0 Å². The number of ether oxygens (including phenoxy) is 1. The summed E-state index contributed by atoms with van der Waals surface area (Å²) in [4.78, 5) is 12.2. The summed E-state index contributed by atoms with van der Waals surface area (Å²) < 4.78 is 39.2. The van der Waals surface area contributed by atoms with Gasteiger partial charge >= 0.3 is 6.03 Å². The molecule has 1 aliphatic heterocycles. The van der Waals surface area contributed by atoms with Crippen LogP contribution in [0.5, 0.6) is 5.88 Å². The molecule has 2 N–H and O–H groups in total. The van der Waals surface area contributed by atoms with Crippen LogP contribution in [0.15, 0.2) is 45.9 Å². The summed E-state index contributed by atoms with van der Waals surface area (Å²) in [5, 5.41) is 10.4. The first kappa shape index (κ1) is 18.0. The Kier molecular flexibility index (Phi) is 4.51. The van der Waals surface area contributed by atoms with Crippen LogP contribution in [0.4, 0.5) is 10.5 Å². The molecule has 0 fully saturated rings. The van der Waals surface area contributed by atoms with Crippen molar-refractivity contribution < 1.29 is 22.5 Å². The number of hydrogen-bond donors (Lipinski definition) is 2. The molecular formula is C17H17N5O5S. The van der Waals surface area contributed by atoms with Gasteiger partial charge in [-0.25, -0.2) is 22.6 Å². The van der Waals surface area contributed by atoms with Crippen LogP contribution in [0.3, 0.4) is 0 Å². The molecule has 28 heavy (non-hydrogen) atoms. The minimum atomic E-state index is -4.17. The van der Waals surface area contributed by atoms with Gasteiger partial charge in [-0.05, 0) is 6.92 Å². The molecule has 1 aliphatic rings. The Hall–Kier alpha value is -3.34. The number of nitrogens with one attached hydrogen (secondary N) is 2. The largest absolute Gasteiger partial charge is 0.477 e. The Morgan fingerprint density at radius 3 is 2.82 bits per heavy atom. The second-order valence-electron chi connectivity index (χ2n) is 6.13. The third-order valence-corrected chi connectivity index (χ3v) is 5.49. The second kappa shape index (κ2) is 7.00. The van der Waals surface area contributed by atoms with Crippen LogP contribution in [-0.4, -0.2) is 36.0 Å². The lowest BCUT2D eigenvalue weighted by molar-refractivity contribution is 0.224. The summed E-state index contributed by atoms with van der Waals surface area (Å²) in [7, 11) is -4.17. The van der Waals surface area contributed by atoms with E-state index in [2.05, 4.69) is 15.6 Å². The number of aromatic nitrogens is 3. The molecule has 4 rings (SSSR count). The van der Waals surface area contributed by atoms with E-state index in [4.69, 9.17) is 9.26 Å². The number of fused-ring (bicyclic) bond motifs is 1. The van der Waals surface area contributed by atoms with Crippen molar-refractivity contribution in [3.8, 4) is 17.1 Å². The fourth-order valence-electron chi connectivity index (χ4n) is 2.86. The molecule has 0 aliphatic carbocycles. The van der Waals surface area contributed by atoms with Crippen molar-refractivity contribution in [3.05, 3.63) is 42.3 Å². The fraction of sp³-hybridized carbons (Fsp3) is 0.235. The van der Waals surface area contributed by atoms with Gasteiger partial charge in [-0.15, -0.1) is 0 Å². The highest BCUT2D eigenvalue weighted by Crippen LogP contribution is 2.30. The third kappa shape index (κ3) is 3.31. The molecule has 2 amide bonds. The lowest BCUT2D eigenvalue weighted by Gasteiger charge is -2.16. The van der Waals surface area contributed by atoms with E-state index >= 15 is 0 Å². The summed E-state index contributed by atoms with van der Waals surface area (Å²) >= 11 is 0. The van der Waals surface area contributed by atoms with Gasteiger partial charge in [-0.1, -0.05) is 35.5 Å². The summed E-state index contributed by atoms with van der Waals surface area (Å²) in [6, 6.07) is 8.13. The molecule has 11 heteroatoms. The van der Waals surface area contributed by atoms with Crippen LogP contribution in [0, 0.1) is 6.92 Å². The van der Waals surface area contributed by atoms with E-state index in [-0.39, 0.29) is 16.5 Å². The molecule has 10 nitrogen and oxygen atoms in total. The molecule has 0 atom stereocenters. The predicted octanol–water partition coefficient (Wildman–Crippen LogP) is 2.14. The van der Waals surface area contributed by atoms with Crippen LogP contribution in [0.1, 0.15) is 12.2 Å². The lowest BCUT2D eigenvalue weighted by Crippen LogP contribution is -2.34. The molecule has 0 bridgehead atoms. The van der Waals surface area contributed by atoms with Crippen molar-refractivity contribution in [3.63, 3.8) is 0 Å². The molecule has 0 radical (unpaired) electrons. The summed E-state index contributed by atoms with van der Waals surface area (Å²) in [5.41, 5.74) is 1.40. The maximum atomic E-state index is 12.6. The Bertz CT molecular complexity index is 1120. The Morgan fingerprint density at radius 1 is 1.25 bits per heavy atom. The van der Waals surface area contributed by atoms with Crippen molar-refractivity contribution in [2.24, 2.45) is 0 Å². The summed E-state index contributed by atoms with van der Waals surface area (Å²) in [5.74, 6) is 0.468. The molecule has 2 aromatic heterocycles. The van der Waals surface area contributed by atoms with Crippen LogP contribution in [-0.2, 0) is 16.6 Å². The van der Waals surface area contributed by atoms with Gasteiger partial charge in [0.05, 0.1) is 12.8 Å². The minimum absolute atomic E-state index is 0.123. The standard InChI is InChI=1S/C17H17N5O5S/c1-11-14(15(20-27-11)12-6-3-2-4-7-12)19-17(23)21-28(24,25)13-10-18-22-8-5-9-26-16(13)22/h2-4,6-7,10H,5,8-9H2,1H3,(H2,19,21,23). The third-order valence-electron chi connectivity index (χ3n) is 4.18. The predicted molar refractivity (Wildman–Crippen MR) is 98.4 cm³/mol. The summed E-state index contributed by atoms with van der Waals surface area (Å²) in [6.45, 7) is 2.56. The maximum Gasteiger partial charge on any atom is 0.333 e. The van der Waals surface area contributed by atoms with Gasteiger partial charge < -0.3 is 14.6 Å². The highest BCUT2D eigenvalue weighted by molar-refractivity contribution is 7.90. The van der Waals surface area contributed by atoms with Crippen molar-refractivity contribution in [1.29, 1.82) is 0 Å². The quantitative estimate of drug-likeness (QED) is 0.683.